The predicted molar refractivity (Wildman–Crippen MR) is 49.2 cm³/mol. The molecule has 0 amide bonds. The maximum atomic E-state index is 14.2. The summed E-state index contributed by atoms with van der Waals surface area (Å²) >= 11 is 0. The van der Waals surface area contributed by atoms with E-state index in [0.717, 1.165) is 25.9 Å². The SMILES string of the molecule is FC1(C2=CCCCO2)CCNCC1. The van der Waals surface area contributed by atoms with Gasteiger partial charge in [-0.3, -0.25) is 0 Å². The first-order valence-electron chi connectivity index (χ1n) is 5.04. The van der Waals surface area contributed by atoms with Crippen LogP contribution < -0.4 is 5.32 Å². The lowest BCUT2D eigenvalue weighted by Gasteiger charge is -2.33. The lowest BCUT2D eigenvalue weighted by molar-refractivity contribution is 0.0523. The van der Waals surface area contributed by atoms with Gasteiger partial charge < -0.3 is 10.1 Å². The Bertz CT molecular complexity index is 209. The average Bonchev–Trinajstić information content (AvgIpc) is 2.20. The van der Waals surface area contributed by atoms with Crippen molar-refractivity contribution in [3.05, 3.63) is 11.8 Å². The molecule has 0 aromatic carbocycles. The van der Waals surface area contributed by atoms with Crippen LogP contribution in [0.5, 0.6) is 0 Å². The highest BCUT2D eigenvalue weighted by Crippen LogP contribution is 2.34. The summed E-state index contributed by atoms with van der Waals surface area (Å²) in [6, 6.07) is 0. The van der Waals surface area contributed by atoms with E-state index >= 15 is 0 Å². The van der Waals surface area contributed by atoms with Crippen LogP contribution in [-0.4, -0.2) is 25.4 Å². The number of piperidine rings is 1. The third-order valence-electron chi connectivity index (χ3n) is 2.77. The van der Waals surface area contributed by atoms with Crippen LogP contribution in [0.2, 0.25) is 0 Å². The Morgan fingerprint density at radius 1 is 1.38 bits per heavy atom. The van der Waals surface area contributed by atoms with Gasteiger partial charge in [0.25, 0.3) is 0 Å². The van der Waals surface area contributed by atoms with Gasteiger partial charge in [-0.15, -0.1) is 0 Å². The highest BCUT2D eigenvalue weighted by molar-refractivity contribution is 5.13. The highest BCUT2D eigenvalue weighted by atomic mass is 19.1. The third-order valence-corrected chi connectivity index (χ3v) is 2.77. The number of allylic oxidation sites excluding steroid dienone is 2. The van der Waals surface area contributed by atoms with Crippen LogP contribution in [0.4, 0.5) is 4.39 Å². The molecule has 13 heavy (non-hydrogen) atoms. The number of rotatable bonds is 1. The Labute approximate surface area is 78.2 Å². The van der Waals surface area contributed by atoms with Gasteiger partial charge in [0.05, 0.1) is 6.61 Å². The van der Waals surface area contributed by atoms with Crippen molar-refractivity contribution in [3.8, 4) is 0 Å². The Hall–Kier alpha value is -0.570. The fourth-order valence-electron chi connectivity index (χ4n) is 1.94. The highest BCUT2D eigenvalue weighted by Gasteiger charge is 2.37. The molecule has 2 rings (SSSR count). The van der Waals surface area contributed by atoms with Gasteiger partial charge in [0.1, 0.15) is 5.76 Å². The molecule has 0 spiro atoms. The van der Waals surface area contributed by atoms with Crippen LogP contribution in [-0.2, 0) is 4.74 Å². The van der Waals surface area contributed by atoms with Gasteiger partial charge in [0, 0.05) is 12.8 Å². The van der Waals surface area contributed by atoms with E-state index < -0.39 is 5.67 Å². The Kier molecular flexibility index (Phi) is 2.54. The molecule has 0 radical (unpaired) electrons. The molecule has 0 saturated carbocycles. The summed E-state index contributed by atoms with van der Waals surface area (Å²) in [5.74, 6) is 0.597. The molecule has 2 heterocycles. The average molecular weight is 185 g/mol. The summed E-state index contributed by atoms with van der Waals surface area (Å²) in [5.41, 5.74) is -1.17. The Morgan fingerprint density at radius 2 is 2.15 bits per heavy atom. The standard InChI is InChI=1S/C10H16FNO/c11-10(4-6-12-7-5-10)9-3-1-2-8-13-9/h3,12H,1-2,4-8H2. The number of alkyl halides is 1. The van der Waals surface area contributed by atoms with E-state index in [1.807, 2.05) is 6.08 Å². The third kappa shape index (κ3) is 1.85. The minimum Gasteiger partial charge on any atom is -0.495 e. The maximum absolute atomic E-state index is 14.2. The number of ether oxygens (including phenoxy) is 1. The van der Waals surface area contributed by atoms with E-state index in [1.54, 1.807) is 0 Å². The molecule has 1 N–H and O–H groups in total. The van der Waals surface area contributed by atoms with Crippen molar-refractivity contribution in [3.63, 3.8) is 0 Å². The minimum atomic E-state index is -1.17. The molecular weight excluding hydrogens is 169 g/mol. The van der Waals surface area contributed by atoms with E-state index in [2.05, 4.69) is 5.32 Å². The predicted octanol–water partition coefficient (Wildman–Crippen LogP) is 1.77. The zero-order valence-corrected chi connectivity index (χ0v) is 7.81. The van der Waals surface area contributed by atoms with Gasteiger partial charge in [-0.05, 0) is 32.0 Å². The summed E-state index contributed by atoms with van der Waals surface area (Å²) in [6.45, 7) is 2.21. The normalized spacial score (nSPS) is 27.6. The molecule has 1 fully saturated rings. The summed E-state index contributed by atoms with van der Waals surface area (Å²) < 4.78 is 19.6. The molecule has 3 heteroatoms. The second-order valence-corrected chi connectivity index (χ2v) is 3.77. The first-order chi connectivity index (χ1) is 6.31. The number of hydrogen-bond acceptors (Lipinski definition) is 2. The van der Waals surface area contributed by atoms with Crippen molar-refractivity contribution in [2.24, 2.45) is 0 Å². The fourth-order valence-corrected chi connectivity index (χ4v) is 1.94. The van der Waals surface area contributed by atoms with Crippen molar-refractivity contribution in [1.82, 2.24) is 5.32 Å². The van der Waals surface area contributed by atoms with Crippen molar-refractivity contribution >= 4 is 0 Å². The second kappa shape index (κ2) is 3.66. The van der Waals surface area contributed by atoms with Gasteiger partial charge in [-0.25, -0.2) is 4.39 Å². The van der Waals surface area contributed by atoms with Crippen molar-refractivity contribution in [2.75, 3.05) is 19.7 Å². The topological polar surface area (TPSA) is 21.3 Å². The van der Waals surface area contributed by atoms with E-state index in [1.165, 1.54) is 0 Å². The molecule has 2 aliphatic heterocycles. The molecular formula is C10H16FNO. The van der Waals surface area contributed by atoms with E-state index in [4.69, 9.17) is 4.74 Å². The number of nitrogens with one attached hydrogen (secondary N) is 1. The van der Waals surface area contributed by atoms with Crippen LogP contribution in [0.15, 0.2) is 11.8 Å². The van der Waals surface area contributed by atoms with Gasteiger partial charge in [-0.1, -0.05) is 0 Å². The van der Waals surface area contributed by atoms with E-state index in [-0.39, 0.29) is 0 Å². The molecule has 0 bridgehead atoms. The number of halogens is 1. The first kappa shape index (κ1) is 9.00. The first-order valence-corrected chi connectivity index (χ1v) is 5.04. The summed E-state index contributed by atoms with van der Waals surface area (Å²) in [6.07, 6.45) is 5.03. The van der Waals surface area contributed by atoms with Gasteiger partial charge >= 0.3 is 0 Å². The molecule has 2 nitrogen and oxygen atoms in total. The molecule has 74 valence electrons. The smallest absolute Gasteiger partial charge is 0.169 e. The zero-order valence-electron chi connectivity index (χ0n) is 7.81. The number of hydrogen-bond donors (Lipinski definition) is 1. The van der Waals surface area contributed by atoms with Crippen LogP contribution in [0.1, 0.15) is 25.7 Å². The minimum absolute atomic E-state index is 0.554. The quantitative estimate of drug-likeness (QED) is 0.672. The summed E-state index contributed by atoms with van der Waals surface area (Å²) in [4.78, 5) is 0. The van der Waals surface area contributed by atoms with Crippen LogP contribution in [0.25, 0.3) is 0 Å². The summed E-state index contributed by atoms with van der Waals surface area (Å²) in [5, 5.41) is 3.16. The van der Waals surface area contributed by atoms with Crippen molar-refractivity contribution in [2.45, 2.75) is 31.4 Å². The van der Waals surface area contributed by atoms with Crippen LogP contribution in [0, 0.1) is 0 Å². The lowest BCUT2D eigenvalue weighted by Crippen LogP contribution is -2.41. The Balaban J connectivity index is 2.07. The van der Waals surface area contributed by atoms with Gasteiger partial charge in [0.15, 0.2) is 5.67 Å². The van der Waals surface area contributed by atoms with Crippen molar-refractivity contribution < 1.29 is 9.13 Å². The molecule has 1 saturated heterocycles. The molecule has 0 aromatic rings. The second-order valence-electron chi connectivity index (χ2n) is 3.77. The zero-order chi connectivity index (χ0) is 9.15. The molecule has 0 unspecified atom stereocenters. The molecule has 0 atom stereocenters. The lowest BCUT2D eigenvalue weighted by atomic mass is 9.91. The molecule has 0 aliphatic carbocycles. The Morgan fingerprint density at radius 3 is 2.77 bits per heavy atom. The van der Waals surface area contributed by atoms with E-state index in [0.29, 0.717) is 25.2 Å². The summed E-state index contributed by atoms with van der Waals surface area (Å²) in [7, 11) is 0. The largest absolute Gasteiger partial charge is 0.495 e. The van der Waals surface area contributed by atoms with Crippen LogP contribution in [0.3, 0.4) is 0 Å². The molecule has 0 aromatic heterocycles. The van der Waals surface area contributed by atoms with Crippen molar-refractivity contribution in [1.29, 1.82) is 0 Å². The van der Waals surface area contributed by atoms with E-state index in [9.17, 15) is 4.39 Å². The van der Waals surface area contributed by atoms with Gasteiger partial charge in [0.2, 0.25) is 0 Å². The molecule has 2 aliphatic rings. The van der Waals surface area contributed by atoms with Crippen LogP contribution >= 0.6 is 0 Å². The maximum Gasteiger partial charge on any atom is 0.169 e. The van der Waals surface area contributed by atoms with Gasteiger partial charge in [-0.2, -0.15) is 0 Å². The fraction of sp³-hybridized carbons (Fsp3) is 0.800. The monoisotopic (exact) mass is 185 g/mol.